The first-order chi connectivity index (χ1) is 16.1. The molecule has 1 unspecified atom stereocenters. The molecule has 3 heterocycles. The number of rotatable bonds is 9. The van der Waals surface area contributed by atoms with Crippen molar-refractivity contribution in [1.82, 2.24) is 19.9 Å². The molecule has 1 N–H and O–H groups in total. The molecule has 0 aliphatic heterocycles. The molecule has 7 nitrogen and oxygen atoms in total. The van der Waals surface area contributed by atoms with Crippen molar-refractivity contribution in [3.63, 3.8) is 0 Å². The zero-order valence-electron chi connectivity index (χ0n) is 19.1. The third-order valence-electron chi connectivity index (χ3n) is 4.72. The molecule has 0 saturated carbocycles. The minimum atomic E-state index is -1.30. The van der Waals surface area contributed by atoms with Gasteiger partial charge in [-0.3, -0.25) is 15.0 Å². The Labute approximate surface area is 213 Å². The first-order valence-corrected chi connectivity index (χ1v) is 12.3. The van der Waals surface area contributed by atoms with Crippen LogP contribution in [-0.4, -0.2) is 44.8 Å². The SMILES string of the molecule is COCCCOc1ccnc(C[S+]([O-])c2nc3ccccc3[nH]2)c1C.Cl.ClCc1ccccn1. The monoisotopic (exact) mass is 522 g/mol. The second kappa shape index (κ2) is 14.8. The van der Waals surface area contributed by atoms with Crippen molar-refractivity contribution in [2.45, 2.75) is 30.1 Å². The van der Waals surface area contributed by atoms with Crippen LogP contribution in [-0.2, 0) is 27.5 Å². The zero-order chi connectivity index (χ0) is 23.5. The van der Waals surface area contributed by atoms with Gasteiger partial charge in [0, 0.05) is 49.3 Å². The molecule has 4 rings (SSSR count). The molecular formula is C24H28Cl2N4O3S. The lowest BCUT2D eigenvalue weighted by molar-refractivity contribution is 0.172. The van der Waals surface area contributed by atoms with Crippen LogP contribution in [0, 0.1) is 6.92 Å². The largest absolute Gasteiger partial charge is 0.609 e. The predicted octanol–water partition coefficient (Wildman–Crippen LogP) is 5.23. The van der Waals surface area contributed by atoms with E-state index in [0.717, 1.165) is 40.2 Å². The highest BCUT2D eigenvalue weighted by Gasteiger charge is 2.20. The molecule has 182 valence electrons. The number of methoxy groups -OCH3 is 1. The average molecular weight is 523 g/mol. The van der Waals surface area contributed by atoms with E-state index in [0.29, 0.717) is 30.0 Å². The summed E-state index contributed by atoms with van der Waals surface area (Å²) in [6.45, 7) is 3.17. The molecule has 1 aromatic carbocycles. The van der Waals surface area contributed by atoms with E-state index in [1.54, 1.807) is 19.5 Å². The van der Waals surface area contributed by atoms with E-state index < -0.39 is 11.2 Å². The standard InChI is InChI=1S/C18H21N3O3S.C6H6ClN.ClH/c1-13-16(19-9-8-17(13)24-11-5-10-23-2)12-25(22)18-20-14-6-3-4-7-15(14)21-18;7-5-6-3-1-2-4-8-6;/h3-4,6-9H,5,10-12H2,1-2H3,(H,20,21);1-4H,5H2;1H. The number of alkyl halides is 1. The van der Waals surface area contributed by atoms with Gasteiger partial charge in [-0.05, 0) is 37.3 Å². The fourth-order valence-corrected chi connectivity index (χ4v) is 4.21. The van der Waals surface area contributed by atoms with E-state index in [4.69, 9.17) is 21.1 Å². The van der Waals surface area contributed by atoms with Crippen LogP contribution >= 0.6 is 24.0 Å². The third kappa shape index (κ3) is 8.14. The summed E-state index contributed by atoms with van der Waals surface area (Å²) in [6, 6.07) is 15.2. The fourth-order valence-electron chi connectivity index (χ4n) is 2.95. The molecular weight excluding hydrogens is 495 g/mol. The second-order valence-corrected chi connectivity index (χ2v) is 8.71. The molecule has 34 heavy (non-hydrogen) atoms. The average Bonchev–Trinajstić information content (AvgIpc) is 3.29. The number of nitrogens with one attached hydrogen (secondary N) is 1. The topological polar surface area (TPSA) is 96.0 Å². The van der Waals surface area contributed by atoms with Gasteiger partial charge in [0.1, 0.15) is 5.75 Å². The molecule has 0 amide bonds. The second-order valence-electron chi connectivity index (χ2n) is 7.08. The number of halogens is 2. The highest BCUT2D eigenvalue weighted by Crippen LogP contribution is 2.24. The van der Waals surface area contributed by atoms with Gasteiger partial charge in [-0.2, -0.15) is 4.98 Å². The minimum Gasteiger partial charge on any atom is -0.609 e. The lowest BCUT2D eigenvalue weighted by Gasteiger charge is -2.12. The minimum absolute atomic E-state index is 0. The Hall–Kier alpha value is -2.36. The van der Waals surface area contributed by atoms with Crippen LogP contribution in [0.5, 0.6) is 5.75 Å². The first-order valence-electron chi connectivity index (χ1n) is 10.5. The van der Waals surface area contributed by atoms with E-state index >= 15 is 0 Å². The summed E-state index contributed by atoms with van der Waals surface area (Å²) < 4.78 is 23.5. The highest BCUT2D eigenvalue weighted by molar-refractivity contribution is 7.90. The number of imidazole rings is 1. The number of aromatic nitrogens is 4. The van der Waals surface area contributed by atoms with Gasteiger partial charge in [0.25, 0.3) is 0 Å². The molecule has 0 fully saturated rings. The molecule has 0 aliphatic rings. The van der Waals surface area contributed by atoms with E-state index in [-0.39, 0.29) is 12.4 Å². The molecule has 0 saturated heterocycles. The fraction of sp³-hybridized carbons (Fsp3) is 0.292. The Bertz CT molecular complexity index is 1100. The van der Waals surface area contributed by atoms with Crippen molar-refractivity contribution in [1.29, 1.82) is 0 Å². The summed E-state index contributed by atoms with van der Waals surface area (Å²) in [7, 11) is 1.67. The van der Waals surface area contributed by atoms with Gasteiger partial charge in [0.05, 0.1) is 34.9 Å². The molecule has 0 radical (unpaired) electrons. The summed E-state index contributed by atoms with van der Waals surface area (Å²) in [5, 5.41) is 0.466. The maximum absolute atomic E-state index is 12.7. The molecule has 0 bridgehead atoms. The van der Waals surface area contributed by atoms with Crippen molar-refractivity contribution < 1.29 is 14.0 Å². The van der Waals surface area contributed by atoms with Crippen molar-refractivity contribution >= 4 is 46.2 Å². The number of para-hydroxylation sites is 2. The number of hydrogen-bond acceptors (Lipinski definition) is 6. The quantitative estimate of drug-likeness (QED) is 0.183. The number of ether oxygens (including phenoxy) is 2. The van der Waals surface area contributed by atoms with Crippen LogP contribution in [0.1, 0.15) is 23.4 Å². The van der Waals surface area contributed by atoms with Gasteiger partial charge < -0.3 is 14.0 Å². The first kappa shape index (κ1) is 27.9. The van der Waals surface area contributed by atoms with Crippen molar-refractivity contribution in [2.75, 3.05) is 20.3 Å². The molecule has 4 aromatic rings. The number of pyridine rings is 2. The van der Waals surface area contributed by atoms with Crippen molar-refractivity contribution in [3.8, 4) is 5.75 Å². The number of hydrogen-bond donors (Lipinski definition) is 1. The molecule has 10 heteroatoms. The van der Waals surface area contributed by atoms with Crippen LogP contribution in [0.4, 0.5) is 0 Å². The maximum atomic E-state index is 12.7. The van der Waals surface area contributed by atoms with Crippen LogP contribution < -0.4 is 4.74 Å². The Morgan fingerprint density at radius 1 is 1.03 bits per heavy atom. The Balaban J connectivity index is 0.000000386. The van der Waals surface area contributed by atoms with Crippen LogP contribution in [0.25, 0.3) is 11.0 Å². The van der Waals surface area contributed by atoms with E-state index in [9.17, 15) is 4.55 Å². The lowest BCUT2D eigenvalue weighted by Crippen LogP contribution is -2.10. The molecule has 0 aliphatic carbocycles. The number of aromatic amines is 1. The summed E-state index contributed by atoms with van der Waals surface area (Å²) in [6.07, 6.45) is 4.24. The smallest absolute Gasteiger partial charge is 0.322 e. The van der Waals surface area contributed by atoms with Crippen LogP contribution in [0.15, 0.2) is 66.1 Å². The third-order valence-corrected chi connectivity index (χ3v) is 6.16. The van der Waals surface area contributed by atoms with E-state index in [1.165, 1.54) is 0 Å². The van der Waals surface area contributed by atoms with Crippen LogP contribution in [0.2, 0.25) is 0 Å². The molecule has 0 spiro atoms. The molecule has 1 atom stereocenters. The summed E-state index contributed by atoms with van der Waals surface area (Å²) in [5.74, 6) is 1.56. The Morgan fingerprint density at radius 3 is 2.50 bits per heavy atom. The number of fused-ring (bicyclic) bond motifs is 1. The van der Waals surface area contributed by atoms with Gasteiger partial charge in [0.2, 0.25) is 0 Å². The molecule has 3 aromatic heterocycles. The number of H-pyrrole nitrogens is 1. The lowest BCUT2D eigenvalue weighted by atomic mass is 10.2. The Morgan fingerprint density at radius 2 is 1.82 bits per heavy atom. The Kier molecular flexibility index (Phi) is 12.1. The predicted molar refractivity (Wildman–Crippen MR) is 138 cm³/mol. The van der Waals surface area contributed by atoms with Crippen molar-refractivity contribution in [2.24, 2.45) is 0 Å². The summed E-state index contributed by atoms with van der Waals surface area (Å²) >= 11 is 4.17. The summed E-state index contributed by atoms with van der Waals surface area (Å²) in [5.41, 5.74) is 4.28. The van der Waals surface area contributed by atoms with Gasteiger partial charge in [-0.15, -0.1) is 24.0 Å². The number of nitrogens with zero attached hydrogens (tertiary/aromatic N) is 3. The van der Waals surface area contributed by atoms with Crippen molar-refractivity contribution in [3.05, 3.63) is 77.9 Å². The van der Waals surface area contributed by atoms with Crippen LogP contribution in [0.3, 0.4) is 0 Å². The van der Waals surface area contributed by atoms with Gasteiger partial charge in [-0.25, -0.2) is 0 Å². The van der Waals surface area contributed by atoms with Gasteiger partial charge in [0.15, 0.2) is 5.75 Å². The van der Waals surface area contributed by atoms with E-state index in [1.807, 2.05) is 55.5 Å². The highest BCUT2D eigenvalue weighted by atomic mass is 35.5. The maximum Gasteiger partial charge on any atom is 0.322 e. The van der Waals surface area contributed by atoms with Gasteiger partial charge in [-0.1, -0.05) is 18.2 Å². The zero-order valence-corrected chi connectivity index (χ0v) is 21.5. The normalized spacial score (nSPS) is 11.3. The van der Waals surface area contributed by atoms with Gasteiger partial charge >= 0.3 is 5.16 Å². The summed E-state index contributed by atoms with van der Waals surface area (Å²) in [4.78, 5) is 15.8. The number of benzene rings is 1. The van der Waals surface area contributed by atoms with E-state index in [2.05, 4.69) is 19.9 Å².